The van der Waals surface area contributed by atoms with Crippen LogP contribution in [0.4, 0.5) is 0 Å². The van der Waals surface area contributed by atoms with Crippen LogP contribution < -0.4 is 0 Å². The van der Waals surface area contributed by atoms with Crippen LogP contribution in [0.3, 0.4) is 0 Å². The fourth-order valence-electron chi connectivity index (χ4n) is 4.85. The van der Waals surface area contributed by atoms with Crippen LogP contribution in [0.2, 0.25) is 5.02 Å². The van der Waals surface area contributed by atoms with E-state index < -0.39 is 0 Å². The molecule has 1 aliphatic rings. The van der Waals surface area contributed by atoms with Gasteiger partial charge in [-0.05, 0) is 41.5 Å². The lowest BCUT2D eigenvalue weighted by Gasteiger charge is -2.28. The van der Waals surface area contributed by atoms with Gasteiger partial charge in [-0.15, -0.1) is 0 Å². The van der Waals surface area contributed by atoms with Gasteiger partial charge < -0.3 is 4.57 Å². The quantitative estimate of drug-likeness (QED) is 0.303. The second-order valence-corrected chi connectivity index (χ2v) is 9.35. The van der Waals surface area contributed by atoms with E-state index in [2.05, 4.69) is 75.2 Å². The lowest BCUT2D eigenvalue weighted by atomic mass is 10.1. The molecule has 0 saturated carbocycles. The molecule has 1 aliphatic heterocycles. The normalized spacial score (nSPS) is 13.8. The maximum atomic E-state index is 6.03. The Labute approximate surface area is 204 Å². The van der Waals surface area contributed by atoms with Gasteiger partial charge in [0.25, 0.3) is 0 Å². The number of benzene rings is 3. The zero-order valence-corrected chi connectivity index (χ0v) is 19.6. The molecule has 0 N–H and O–H groups in total. The summed E-state index contributed by atoms with van der Waals surface area (Å²) in [5, 5.41) is 2.06. The summed E-state index contributed by atoms with van der Waals surface area (Å²) in [6, 6.07) is 27.1. The van der Waals surface area contributed by atoms with Crippen molar-refractivity contribution >= 4 is 22.5 Å². The largest absolute Gasteiger partial charge is 0.343 e. The molecular formula is C29H25ClN4. The van der Waals surface area contributed by atoms with Gasteiger partial charge in [0.05, 0.1) is 5.69 Å². The molecule has 0 saturated heterocycles. The van der Waals surface area contributed by atoms with E-state index in [1.807, 2.05) is 30.5 Å². The van der Waals surface area contributed by atoms with Crippen molar-refractivity contribution in [2.24, 2.45) is 0 Å². The number of aromatic nitrogens is 3. The van der Waals surface area contributed by atoms with E-state index in [4.69, 9.17) is 16.6 Å². The predicted molar refractivity (Wildman–Crippen MR) is 138 cm³/mol. The van der Waals surface area contributed by atoms with Crippen LogP contribution in [-0.4, -0.2) is 26.0 Å². The first-order chi connectivity index (χ1) is 16.7. The average molecular weight is 465 g/mol. The number of halogens is 1. The monoisotopic (exact) mass is 464 g/mol. The summed E-state index contributed by atoms with van der Waals surface area (Å²) < 4.78 is 2.37. The number of hydrogen-bond donors (Lipinski definition) is 0. The molecular weight excluding hydrogens is 440 g/mol. The SMILES string of the molecule is Clc1ccc(-c2ncc3c(n2)CCN(Cc2cn(Cc4ccccc4)c4ccccc24)C3)cc1. The van der Waals surface area contributed by atoms with Gasteiger partial charge in [0, 0.05) is 72.0 Å². The average Bonchev–Trinajstić information content (AvgIpc) is 3.22. The molecule has 6 rings (SSSR count). The Morgan fingerprint density at radius 3 is 2.50 bits per heavy atom. The third kappa shape index (κ3) is 4.23. The zero-order chi connectivity index (χ0) is 22.9. The summed E-state index contributed by atoms with van der Waals surface area (Å²) >= 11 is 6.03. The first-order valence-corrected chi connectivity index (χ1v) is 12.0. The summed E-state index contributed by atoms with van der Waals surface area (Å²) in [6.45, 7) is 3.66. The van der Waals surface area contributed by atoms with Crippen molar-refractivity contribution in [2.45, 2.75) is 26.1 Å². The summed E-state index contributed by atoms with van der Waals surface area (Å²) in [4.78, 5) is 12.0. The molecule has 5 aromatic rings. The summed E-state index contributed by atoms with van der Waals surface area (Å²) in [5.41, 5.74) is 7.35. The van der Waals surface area contributed by atoms with E-state index in [9.17, 15) is 0 Å². The lowest BCUT2D eigenvalue weighted by molar-refractivity contribution is 0.243. The molecule has 168 valence electrons. The van der Waals surface area contributed by atoms with E-state index in [-0.39, 0.29) is 0 Å². The summed E-state index contributed by atoms with van der Waals surface area (Å²) in [7, 11) is 0. The Balaban J connectivity index is 1.23. The molecule has 0 spiro atoms. The minimum absolute atomic E-state index is 0.725. The smallest absolute Gasteiger partial charge is 0.159 e. The minimum Gasteiger partial charge on any atom is -0.343 e. The highest BCUT2D eigenvalue weighted by Crippen LogP contribution is 2.27. The fourth-order valence-corrected chi connectivity index (χ4v) is 4.97. The second kappa shape index (κ2) is 9.05. The van der Waals surface area contributed by atoms with Crippen molar-refractivity contribution in [3.05, 3.63) is 119 Å². The maximum absolute atomic E-state index is 6.03. The summed E-state index contributed by atoms with van der Waals surface area (Å²) in [6.07, 6.45) is 5.26. The van der Waals surface area contributed by atoms with Gasteiger partial charge in [-0.25, -0.2) is 9.97 Å². The molecule has 3 heterocycles. The highest BCUT2D eigenvalue weighted by Gasteiger charge is 2.20. The van der Waals surface area contributed by atoms with E-state index in [1.165, 1.54) is 27.6 Å². The van der Waals surface area contributed by atoms with Crippen LogP contribution in [0, 0.1) is 0 Å². The highest BCUT2D eigenvalue weighted by atomic mass is 35.5. The Morgan fingerprint density at radius 2 is 1.65 bits per heavy atom. The number of hydrogen-bond acceptors (Lipinski definition) is 3. The molecule has 0 atom stereocenters. The van der Waals surface area contributed by atoms with Crippen LogP contribution in [0.1, 0.15) is 22.4 Å². The van der Waals surface area contributed by atoms with Crippen LogP contribution >= 0.6 is 11.6 Å². The van der Waals surface area contributed by atoms with Gasteiger partial charge in [-0.3, -0.25) is 4.90 Å². The Hall–Kier alpha value is -3.47. The number of fused-ring (bicyclic) bond motifs is 2. The van der Waals surface area contributed by atoms with Crippen molar-refractivity contribution in [1.29, 1.82) is 0 Å². The molecule has 0 radical (unpaired) electrons. The third-order valence-electron chi connectivity index (χ3n) is 6.58. The van der Waals surface area contributed by atoms with Crippen molar-refractivity contribution < 1.29 is 0 Å². The second-order valence-electron chi connectivity index (χ2n) is 8.92. The molecule has 0 bridgehead atoms. The van der Waals surface area contributed by atoms with Crippen LogP contribution in [-0.2, 0) is 26.1 Å². The first kappa shape index (κ1) is 21.1. The van der Waals surface area contributed by atoms with Gasteiger partial charge in [-0.1, -0.05) is 60.1 Å². The first-order valence-electron chi connectivity index (χ1n) is 11.7. The van der Waals surface area contributed by atoms with Gasteiger partial charge in [-0.2, -0.15) is 0 Å². The van der Waals surface area contributed by atoms with Crippen molar-refractivity contribution in [2.75, 3.05) is 6.54 Å². The molecule has 4 nitrogen and oxygen atoms in total. The van der Waals surface area contributed by atoms with Crippen molar-refractivity contribution in [3.63, 3.8) is 0 Å². The number of nitrogens with zero attached hydrogens (tertiary/aromatic N) is 4. The van der Waals surface area contributed by atoms with Gasteiger partial charge in [0.2, 0.25) is 0 Å². The van der Waals surface area contributed by atoms with Gasteiger partial charge in [0.1, 0.15) is 0 Å². The van der Waals surface area contributed by atoms with Gasteiger partial charge in [0.15, 0.2) is 5.82 Å². The van der Waals surface area contributed by atoms with Crippen molar-refractivity contribution in [3.8, 4) is 11.4 Å². The zero-order valence-electron chi connectivity index (χ0n) is 18.9. The molecule has 3 aromatic carbocycles. The van der Waals surface area contributed by atoms with Crippen LogP contribution in [0.5, 0.6) is 0 Å². The van der Waals surface area contributed by atoms with Crippen LogP contribution in [0.15, 0.2) is 91.3 Å². The molecule has 34 heavy (non-hydrogen) atoms. The molecule has 0 fully saturated rings. The van der Waals surface area contributed by atoms with E-state index in [0.29, 0.717) is 0 Å². The third-order valence-corrected chi connectivity index (χ3v) is 6.83. The highest BCUT2D eigenvalue weighted by molar-refractivity contribution is 6.30. The van der Waals surface area contributed by atoms with E-state index in [0.717, 1.165) is 54.7 Å². The van der Waals surface area contributed by atoms with E-state index >= 15 is 0 Å². The Morgan fingerprint density at radius 1 is 0.853 bits per heavy atom. The molecule has 2 aromatic heterocycles. The minimum atomic E-state index is 0.725. The molecule has 0 aliphatic carbocycles. The Kier molecular flexibility index (Phi) is 5.61. The molecule has 0 amide bonds. The summed E-state index contributed by atoms with van der Waals surface area (Å²) in [5.74, 6) is 0.771. The fraction of sp³-hybridized carbons (Fsp3) is 0.172. The predicted octanol–water partition coefficient (Wildman–Crippen LogP) is 6.36. The molecule has 0 unspecified atom stereocenters. The van der Waals surface area contributed by atoms with Crippen LogP contribution in [0.25, 0.3) is 22.3 Å². The molecule has 5 heteroatoms. The van der Waals surface area contributed by atoms with Crippen molar-refractivity contribution in [1.82, 2.24) is 19.4 Å². The Bertz CT molecular complexity index is 1440. The number of rotatable bonds is 5. The van der Waals surface area contributed by atoms with E-state index in [1.54, 1.807) is 0 Å². The topological polar surface area (TPSA) is 34.0 Å². The van der Waals surface area contributed by atoms with Gasteiger partial charge >= 0.3 is 0 Å². The lowest BCUT2D eigenvalue weighted by Crippen LogP contribution is -2.30. The maximum Gasteiger partial charge on any atom is 0.159 e. The standard InChI is InChI=1S/C29H25ClN4/c30-25-12-10-22(11-13-25)29-31-16-23-18-33(15-14-27(23)32-29)19-24-20-34(17-21-6-2-1-3-7-21)28-9-5-4-8-26(24)28/h1-13,16,20H,14-15,17-19H2. The number of para-hydroxylation sites is 1.